The van der Waals surface area contributed by atoms with E-state index in [9.17, 15) is 12.8 Å². The molecule has 17 heavy (non-hydrogen) atoms. The van der Waals surface area contributed by atoms with Crippen LogP contribution in [0.25, 0.3) is 0 Å². The number of nitrogens with zero attached hydrogens (tertiary/aromatic N) is 1. The minimum atomic E-state index is -3.77. The van der Waals surface area contributed by atoms with Gasteiger partial charge in [-0.1, -0.05) is 11.6 Å². The Morgan fingerprint density at radius 3 is 2.59 bits per heavy atom. The van der Waals surface area contributed by atoms with Crippen molar-refractivity contribution < 1.29 is 17.9 Å². The molecule has 1 N–H and O–H groups in total. The van der Waals surface area contributed by atoms with Crippen LogP contribution in [0.4, 0.5) is 4.39 Å². The number of rotatable bonds is 4. The molecule has 1 aromatic carbocycles. The summed E-state index contributed by atoms with van der Waals surface area (Å²) >= 11 is 5.53. The van der Waals surface area contributed by atoms with Gasteiger partial charge in [0, 0.05) is 13.1 Å². The number of hydrogen-bond donors (Lipinski definition) is 1. The topological polar surface area (TPSA) is 57.6 Å². The molecule has 1 unspecified atom stereocenters. The monoisotopic (exact) mass is 281 g/mol. The van der Waals surface area contributed by atoms with Gasteiger partial charge in [-0.3, -0.25) is 0 Å². The Morgan fingerprint density at radius 2 is 2.12 bits per heavy atom. The SMILES string of the molecule is CC(CO)N(C)S(=O)(=O)c1ccc(F)c(Cl)c1. The van der Waals surface area contributed by atoms with Crippen LogP contribution in [-0.4, -0.2) is 37.5 Å². The first-order valence-electron chi connectivity index (χ1n) is 4.84. The number of likely N-dealkylation sites (N-methyl/N-ethyl adjacent to an activating group) is 1. The Morgan fingerprint density at radius 1 is 1.53 bits per heavy atom. The predicted molar refractivity (Wildman–Crippen MR) is 62.9 cm³/mol. The molecule has 0 radical (unpaired) electrons. The highest BCUT2D eigenvalue weighted by molar-refractivity contribution is 7.89. The first-order valence-corrected chi connectivity index (χ1v) is 6.66. The van der Waals surface area contributed by atoms with Crippen LogP contribution >= 0.6 is 11.6 Å². The third-order valence-electron chi connectivity index (χ3n) is 2.45. The molecule has 0 heterocycles. The lowest BCUT2D eigenvalue weighted by Gasteiger charge is -2.22. The van der Waals surface area contributed by atoms with Crippen LogP contribution in [0.15, 0.2) is 23.1 Å². The molecular weight excluding hydrogens is 269 g/mol. The summed E-state index contributed by atoms with van der Waals surface area (Å²) in [5.74, 6) is -0.677. The number of aliphatic hydroxyl groups is 1. The molecule has 4 nitrogen and oxygen atoms in total. The molecule has 0 saturated carbocycles. The van der Waals surface area contributed by atoms with Crippen LogP contribution in [0, 0.1) is 5.82 Å². The third kappa shape index (κ3) is 2.95. The first kappa shape index (κ1) is 14.4. The summed E-state index contributed by atoms with van der Waals surface area (Å²) in [4.78, 5) is -0.105. The maximum absolute atomic E-state index is 12.9. The van der Waals surface area contributed by atoms with Crippen molar-refractivity contribution in [1.82, 2.24) is 4.31 Å². The van der Waals surface area contributed by atoms with Crippen molar-refractivity contribution in [2.45, 2.75) is 17.9 Å². The van der Waals surface area contributed by atoms with Gasteiger partial charge >= 0.3 is 0 Å². The van der Waals surface area contributed by atoms with Crippen LogP contribution in [0.1, 0.15) is 6.92 Å². The molecule has 0 aromatic heterocycles. The van der Waals surface area contributed by atoms with Crippen LogP contribution in [0.5, 0.6) is 0 Å². The average Bonchev–Trinajstić information content (AvgIpc) is 2.30. The fraction of sp³-hybridized carbons (Fsp3) is 0.400. The lowest BCUT2D eigenvalue weighted by Crippen LogP contribution is -2.37. The van der Waals surface area contributed by atoms with Gasteiger partial charge in [0.25, 0.3) is 0 Å². The predicted octanol–water partition coefficient (Wildman–Crippen LogP) is 1.48. The summed E-state index contributed by atoms with van der Waals surface area (Å²) in [6, 6.07) is 2.61. The van der Waals surface area contributed by atoms with E-state index in [4.69, 9.17) is 16.7 Å². The Labute approximate surface area is 105 Å². The number of hydrogen-bond acceptors (Lipinski definition) is 3. The molecule has 0 aliphatic carbocycles. The maximum Gasteiger partial charge on any atom is 0.243 e. The highest BCUT2D eigenvalue weighted by Crippen LogP contribution is 2.22. The molecule has 0 amide bonds. The van der Waals surface area contributed by atoms with Crippen molar-refractivity contribution in [1.29, 1.82) is 0 Å². The normalized spacial score (nSPS) is 14.0. The number of benzene rings is 1. The summed E-state index contributed by atoms with van der Waals surface area (Å²) in [5.41, 5.74) is 0. The van der Waals surface area contributed by atoms with Crippen LogP contribution < -0.4 is 0 Å². The van der Waals surface area contributed by atoms with Gasteiger partial charge < -0.3 is 5.11 Å². The van der Waals surface area contributed by atoms with Crippen molar-refractivity contribution >= 4 is 21.6 Å². The van der Waals surface area contributed by atoms with E-state index in [-0.39, 0.29) is 16.5 Å². The minimum absolute atomic E-state index is 0.105. The van der Waals surface area contributed by atoms with Gasteiger partial charge in [0.2, 0.25) is 10.0 Å². The Kier molecular flexibility index (Phi) is 4.48. The Bertz CT molecular complexity index is 506. The summed E-state index contributed by atoms with van der Waals surface area (Å²) in [6.07, 6.45) is 0. The van der Waals surface area contributed by atoms with Gasteiger partial charge in [0.1, 0.15) is 5.82 Å². The van der Waals surface area contributed by atoms with Crippen molar-refractivity contribution in [3.63, 3.8) is 0 Å². The lowest BCUT2D eigenvalue weighted by molar-refractivity contribution is 0.214. The van der Waals surface area contributed by atoms with Gasteiger partial charge in [-0.2, -0.15) is 4.31 Å². The van der Waals surface area contributed by atoms with Gasteiger partial charge in [-0.25, -0.2) is 12.8 Å². The van der Waals surface area contributed by atoms with Gasteiger partial charge in [0.15, 0.2) is 0 Å². The molecule has 1 rings (SSSR count). The quantitative estimate of drug-likeness (QED) is 0.909. The number of aliphatic hydroxyl groups excluding tert-OH is 1. The summed E-state index contributed by atoms with van der Waals surface area (Å²) in [7, 11) is -2.43. The van der Waals surface area contributed by atoms with E-state index in [0.717, 1.165) is 22.5 Å². The van der Waals surface area contributed by atoms with E-state index in [2.05, 4.69) is 0 Å². The first-order chi connectivity index (χ1) is 7.80. The van der Waals surface area contributed by atoms with E-state index >= 15 is 0 Å². The van der Waals surface area contributed by atoms with Gasteiger partial charge in [-0.05, 0) is 25.1 Å². The highest BCUT2D eigenvalue weighted by atomic mass is 35.5. The molecule has 0 aliphatic heterocycles. The highest BCUT2D eigenvalue weighted by Gasteiger charge is 2.25. The zero-order valence-corrected chi connectivity index (χ0v) is 11.0. The fourth-order valence-corrected chi connectivity index (χ4v) is 2.78. The largest absolute Gasteiger partial charge is 0.395 e. The van der Waals surface area contributed by atoms with Crippen LogP contribution in [0.2, 0.25) is 5.02 Å². The number of sulfonamides is 1. The van der Waals surface area contributed by atoms with Crippen molar-refractivity contribution in [3.05, 3.63) is 29.0 Å². The van der Waals surface area contributed by atoms with Gasteiger partial charge in [-0.15, -0.1) is 0 Å². The minimum Gasteiger partial charge on any atom is -0.395 e. The molecule has 96 valence electrons. The molecule has 1 atom stereocenters. The third-order valence-corrected chi connectivity index (χ3v) is 4.71. The summed E-state index contributed by atoms with van der Waals surface area (Å²) in [6.45, 7) is 1.26. The molecule has 7 heteroatoms. The van der Waals surface area contributed by atoms with Crippen molar-refractivity contribution in [2.24, 2.45) is 0 Å². The molecule has 0 fully saturated rings. The molecule has 0 aliphatic rings. The summed E-state index contributed by atoms with van der Waals surface area (Å²) in [5, 5.41) is 8.67. The van der Waals surface area contributed by atoms with Crippen LogP contribution in [0.3, 0.4) is 0 Å². The van der Waals surface area contributed by atoms with E-state index in [1.807, 2.05) is 0 Å². The van der Waals surface area contributed by atoms with Gasteiger partial charge in [0.05, 0.1) is 16.5 Å². The van der Waals surface area contributed by atoms with E-state index in [1.54, 1.807) is 6.92 Å². The molecule has 1 aromatic rings. The maximum atomic E-state index is 12.9. The molecular formula is C10H13ClFNO3S. The lowest BCUT2D eigenvalue weighted by atomic mass is 10.3. The second-order valence-corrected chi connectivity index (χ2v) is 6.03. The molecule has 0 saturated heterocycles. The fourth-order valence-electron chi connectivity index (χ4n) is 1.16. The average molecular weight is 282 g/mol. The smallest absolute Gasteiger partial charge is 0.243 e. The van der Waals surface area contributed by atoms with Crippen molar-refractivity contribution in [2.75, 3.05) is 13.7 Å². The Balaban J connectivity index is 3.17. The zero-order chi connectivity index (χ0) is 13.2. The molecule has 0 spiro atoms. The molecule has 0 bridgehead atoms. The second-order valence-electron chi connectivity index (χ2n) is 3.63. The van der Waals surface area contributed by atoms with E-state index in [1.165, 1.54) is 7.05 Å². The van der Waals surface area contributed by atoms with Crippen molar-refractivity contribution in [3.8, 4) is 0 Å². The van der Waals surface area contributed by atoms with E-state index in [0.29, 0.717) is 0 Å². The standard InChI is InChI=1S/C10H13ClFNO3S/c1-7(6-14)13(2)17(15,16)8-3-4-10(12)9(11)5-8/h3-5,7,14H,6H2,1-2H3. The Hall–Kier alpha value is -0.690. The van der Waals surface area contributed by atoms with Crippen LogP contribution in [-0.2, 0) is 10.0 Å². The summed E-state index contributed by atoms with van der Waals surface area (Å²) < 4.78 is 38.0. The van der Waals surface area contributed by atoms with E-state index < -0.39 is 21.9 Å². The zero-order valence-electron chi connectivity index (χ0n) is 9.39. The number of halogens is 2. The second kappa shape index (κ2) is 5.30.